The van der Waals surface area contributed by atoms with Gasteiger partial charge < -0.3 is 26.5 Å². The molecule has 2 aromatic rings. The topological polar surface area (TPSA) is 111 Å². The van der Waals surface area contributed by atoms with Crippen molar-refractivity contribution in [3.8, 4) is 0 Å². The molecular formula is C38H54Cl3LiN2O7. The Morgan fingerprint density at radius 3 is 1.67 bits per heavy atom. The van der Waals surface area contributed by atoms with E-state index in [0.29, 0.717) is 54.9 Å². The molecule has 0 aliphatic carbocycles. The zero-order chi connectivity index (χ0) is 37.5. The van der Waals surface area contributed by atoms with Crippen molar-refractivity contribution in [2.45, 2.75) is 98.1 Å². The molecule has 5 rings (SSSR count). The number of alkyl carbamates (subject to hydrolysis) is 1. The Hall–Kier alpha value is -2.25. The number of nitrogens with one attached hydrogen (secondary N) is 1. The Balaban J connectivity index is 0.000000686. The number of hydrogen-bond acceptors (Lipinski definition) is 7. The van der Waals surface area contributed by atoms with Crippen molar-refractivity contribution in [3.63, 3.8) is 0 Å². The van der Waals surface area contributed by atoms with Crippen molar-refractivity contribution in [2.24, 2.45) is 11.8 Å². The fourth-order valence-electron chi connectivity index (χ4n) is 4.40. The van der Waals surface area contributed by atoms with Gasteiger partial charge in [-0.1, -0.05) is 88.5 Å². The summed E-state index contributed by atoms with van der Waals surface area (Å²) in [6, 6.07) is 14.8. The number of carbonyl (C=O) groups excluding carboxylic acids is 4. The largest absolute Gasteiger partial charge is 1.00 e. The summed E-state index contributed by atoms with van der Waals surface area (Å²) in [6.07, 6.45) is 5.96. The van der Waals surface area contributed by atoms with Gasteiger partial charge in [0.15, 0.2) is 0 Å². The van der Waals surface area contributed by atoms with E-state index in [2.05, 4.69) is 37.7 Å². The van der Waals surface area contributed by atoms with E-state index < -0.39 is 6.09 Å². The molecule has 3 saturated heterocycles. The van der Waals surface area contributed by atoms with Crippen molar-refractivity contribution in [2.75, 3.05) is 26.4 Å². The van der Waals surface area contributed by atoms with E-state index in [9.17, 15) is 19.2 Å². The average Bonchev–Trinajstić information content (AvgIpc) is 3.89. The van der Waals surface area contributed by atoms with Gasteiger partial charge in [0, 0.05) is 36.1 Å². The number of hydrogen-bond donors (Lipinski definition) is 1. The maximum absolute atomic E-state index is 12.2. The van der Waals surface area contributed by atoms with Crippen LogP contribution in [0.3, 0.4) is 0 Å². The van der Waals surface area contributed by atoms with Crippen LogP contribution in [0, 0.1) is 18.8 Å². The van der Waals surface area contributed by atoms with E-state index in [4.69, 9.17) is 44.3 Å². The number of imide groups is 1. The Kier molecular flexibility index (Phi) is 27.0. The molecule has 1 N–H and O–H groups in total. The number of cyclic esters (lactones) is 2. The molecule has 13 heteroatoms. The smallest absolute Gasteiger partial charge is 0.447 e. The minimum Gasteiger partial charge on any atom is -0.447 e. The number of halogens is 3. The molecule has 0 radical (unpaired) electrons. The van der Waals surface area contributed by atoms with Crippen LogP contribution in [0.25, 0.3) is 0 Å². The van der Waals surface area contributed by atoms with Crippen LogP contribution < -0.4 is 24.2 Å². The number of ether oxygens (including phenoxy) is 3. The molecule has 51 heavy (non-hydrogen) atoms. The molecular weight excluding hydrogens is 710 g/mol. The summed E-state index contributed by atoms with van der Waals surface area (Å²) in [5.74, 6) is 0.485. The Bertz CT molecular complexity index is 1270. The van der Waals surface area contributed by atoms with Gasteiger partial charge in [-0.25, -0.2) is 14.5 Å². The molecule has 0 unspecified atom stereocenters. The van der Waals surface area contributed by atoms with Crippen LogP contribution in [0.15, 0.2) is 48.5 Å². The second-order valence-corrected chi connectivity index (χ2v) is 13.8. The normalized spacial score (nSPS) is 17.1. The number of nitrogens with zero attached hydrogens (tertiary/aromatic N) is 1. The van der Waals surface area contributed by atoms with Crippen LogP contribution in [0.5, 0.6) is 0 Å². The number of unbranched alkanes of at least 4 members (excludes halogenated alkanes) is 1. The van der Waals surface area contributed by atoms with Gasteiger partial charge in [-0.15, -0.1) is 0 Å². The summed E-state index contributed by atoms with van der Waals surface area (Å²) in [5, 5.41) is 3.77. The van der Waals surface area contributed by atoms with Gasteiger partial charge in [-0.05, 0) is 84.5 Å². The van der Waals surface area contributed by atoms with Crippen LogP contribution in [0.4, 0.5) is 9.59 Å². The SMILES string of the molecule is C1CCOC1.CC(C)[C@H]1COC(=O)N1.CC(C)[C@H]1COC(=O)N1C(=O)CCc1ccc(Cl)cc1.O=C(Cl)CCc1ccc(Cl)cc1.[CH2-]CCC.[Li+]. The van der Waals surface area contributed by atoms with E-state index in [0.717, 1.165) is 30.8 Å². The van der Waals surface area contributed by atoms with Crippen LogP contribution in [-0.2, 0) is 36.6 Å². The molecule has 3 heterocycles. The molecule has 0 spiro atoms. The van der Waals surface area contributed by atoms with Crippen LogP contribution in [0.1, 0.15) is 84.3 Å². The van der Waals surface area contributed by atoms with Gasteiger partial charge in [-0.2, -0.15) is 6.42 Å². The molecule has 3 amide bonds. The summed E-state index contributed by atoms with van der Waals surface area (Å²) in [5.41, 5.74) is 2.10. The fraction of sp³-hybridized carbons (Fsp3) is 0.553. The zero-order valence-electron chi connectivity index (χ0n) is 31.1. The third kappa shape index (κ3) is 21.8. The predicted octanol–water partition coefficient (Wildman–Crippen LogP) is 6.49. The third-order valence-electron chi connectivity index (χ3n) is 7.69. The summed E-state index contributed by atoms with van der Waals surface area (Å²) >= 11 is 16.7. The zero-order valence-corrected chi connectivity index (χ0v) is 33.3. The first kappa shape index (κ1) is 48.7. The standard InChI is InChI=1S/C15H18ClNO3.C9H8Cl2O.C6H11NO2.C4H8O.C4H9.Li/c1-10(2)13-9-20-15(19)17(13)14(18)8-5-11-3-6-12(16)7-4-11;10-8-4-1-7(2-5-8)3-6-9(11)12;1-4(2)5-3-9-6(8)7-5;1-2-4-5-3-1;1-3-4-2;/h3-4,6-7,10,13H,5,8-9H2,1-2H3;1-2,4-5H,3,6H2;4-5H,3H2,1-2H3,(H,7,8);1-4H2;1,3-4H2,2H3;/q;;;;-1;+1/t13-;;5-;;;/m1.1.../s1. The van der Waals surface area contributed by atoms with Crippen LogP contribution in [-0.4, -0.2) is 66.7 Å². The van der Waals surface area contributed by atoms with Crippen molar-refractivity contribution in [1.29, 1.82) is 0 Å². The molecule has 9 nitrogen and oxygen atoms in total. The van der Waals surface area contributed by atoms with Crippen LogP contribution in [0.2, 0.25) is 10.0 Å². The number of carbonyl (C=O) groups is 4. The number of benzene rings is 2. The Labute approximate surface area is 331 Å². The van der Waals surface area contributed by atoms with Gasteiger partial charge in [-0.3, -0.25) is 9.59 Å². The number of amides is 3. The van der Waals surface area contributed by atoms with E-state index in [1.807, 2.05) is 38.1 Å². The van der Waals surface area contributed by atoms with Gasteiger partial charge in [0.1, 0.15) is 13.2 Å². The molecule has 280 valence electrons. The van der Waals surface area contributed by atoms with Crippen molar-refractivity contribution >= 4 is 58.1 Å². The minimum atomic E-state index is -0.523. The maximum Gasteiger partial charge on any atom is 1.00 e. The number of aryl methyl sites for hydroxylation is 2. The first-order valence-electron chi connectivity index (χ1n) is 17.2. The van der Waals surface area contributed by atoms with E-state index >= 15 is 0 Å². The van der Waals surface area contributed by atoms with Crippen molar-refractivity contribution in [1.82, 2.24) is 10.2 Å². The molecule has 2 atom stereocenters. The Morgan fingerprint density at radius 1 is 0.843 bits per heavy atom. The monoisotopic (exact) mass is 762 g/mol. The van der Waals surface area contributed by atoms with Gasteiger partial charge in [0.2, 0.25) is 11.1 Å². The van der Waals surface area contributed by atoms with Gasteiger partial charge in [0.05, 0.1) is 12.1 Å². The molecule has 3 aliphatic heterocycles. The van der Waals surface area contributed by atoms with Gasteiger partial charge >= 0.3 is 31.0 Å². The second-order valence-electron chi connectivity index (χ2n) is 12.5. The molecule has 2 aromatic carbocycles. The van der Waals surface area contributed by atoms with E-state index in [1.54, 1.807) is 24.3 Å². The maximum atomic E-state index is 12.2. The van der Waals surface area contributed by atoms with Crippen molar-refractivity contribution < 1.29 is 52.2 Å². The Morgan fingerprint density at radius 2 is 1.33 bits per heavy atom. The first-order valence-corrected chi connectivity index (χ1v) is 18.4. The quantitative estimate of drug-likeness (QED) is 0.177. The number of rotatable bonds is 9. The van der Waals surface area contributed by atoms with E-state index in [-0.39, 0.29) is 54.1 Å². The second kappa shape index (κ2) is 28.3. The third-order valence-corrected chi connectivity index (χ3v) is 8.38. The molecule has 0 saturated carbocycles. The summed E-state index contributed by atoms with van der Waals surface area (Å²) in [4.78, 5) is 46.0. The average molecular weight is 764 g/mol. The molecule has 3 aliphatic rings. The molecule has 3 fully saturated rings. The summed E-state index contributed by atoms with van der Waals surface area (Å²) < 4.78 is 14.6. The minimum absolute atomic E-state index is 0. The molecule has 0 bridgehead atoms. The van der Waals surface area contributed by atoms with Crippen molar-refractivity contribution in [3.05, 3.63) is 76.6 Å². The fourth-order valence-corrected chi connectivity index (χ4v) is 4.75. The first-order chi connectivity index (χ1) is 23.8. The molecule has 0 aromatic heterocycles. The van der Waals surface area contributed by atoms with Gasteiger partial charge in [0.25, 0.3) is 0 Å². The van der Waals surface area contributed by atoms with Crippen LogP contribution >= 0.6 is 34.8 Å². The summed E-state index contributed by atoms with van der Waals surface area (Å²) in [7, 11) is 0. The van der Waals surface area contributed by atoms with E-state index in [1.165, 1.54) is 24.2 Å². The predicted molar refractivity (Wildman–Crippen MR) is 201 cm³/mol. The summed E-state index contributed by atoms with van der Waals surface area (Å²) in [6.45, 7) is 16.6.